The van der Waals surface area contributed by atoms with Crippen LogP contribution in [0.2, 0.25) is 0 Å². The maximum atomic E-state index is 12.6. The molecule has 1 N–H and O–H groups in total. The van der Waals surface area contributed by atoms with E-state index in [0.717, 1.165) is 28.8 Å². The normalized spacial score (nSPS) is 13.2. The average Bonchev–Trinajstić information content (AvgIpc) is 2.93. The molecule has 30 heavy (non-hydrogen) atoms. The highest BCUT2D eigenvalue weighted by atomic mass is 19.4. The van der Waals surface area contributed by atoms with Gasteiger partial charge >= 0.3 is 6.18 Å². The molecule has 1 aliphatic rings. The lowest BCUT2D eigenvalue weighted by Crippen LogP contribution is -2.24. The molecule has 4 rings (SSSR count). The number of fused-ring (bicyclic) bond motifs is 1. The Morgan fingerprint density at radius 2 is 1.43 bits per heavy atom. The lowest BCUT2D eigenvalue weighted by atomic mass is 10.0. The lowest BCUT2D eigenvalue weighted by molar-refractivity contribution is -0.137. The Labute approximate surface area is 171 Å². The van der Waals surface area contributed by atoms with E-state index >= 15 is 0 Å². The average molecular weight is 407 g/mol. The number of rotatable bonds is 1. The lowest BCUT2D eigenvalue weighted by Gasteiger charge is -2.08. The van der Waals surface area contributed by atoms with Crippen LogP contribution in [-0.2, 0) is 6.18 Å². The van der Waals surface area contributed by atoms with Gasteiger partial charge in [0.05, 0.1) is 17.7 Å². The Balaban J connectivity index is 1.53. The van der Waals surface area contributed by atoms with Gasteiger partial charge in [0, 0.05) is 11.1 Å². The highest BCUT2D eigenvalue weighted by molar-refractivity contribution is 5.98. The largest absolute Gasteiger partial charge is 0.491 e. The molecule has 3 nitrogen and oxygen atoms in total. The van der Waals surface area contributed by atoms with Crippen LogP contribution in [0, 0.1) is 11.8 Å². The van der Waals surface area contributed by atoms with E-state index in [1.165, 1.54) is 12.1 Å². The molecule has 150 valence electrons. The highest BCUT2D eigenvalue weighted by Crippen LogP contribution is 2.29. The third kappa shape index (κ3) is 4.31. The van der Waals surface area contributed by atoms with Crippen molar-refractivity contribution < 1.29 is 22.7 Å². The van der Waals surface area contributed by atoms with Gasteiger partial charge in [-0.2, -0.15) is 13.2 Å². The third-order valence-electron chi connectivity index (χ3n) is 4.65. The van der Waals surface area contributed by atoms with E-state index < -0.39 is 11.7 Å². The molecule has 1 amide bonds. The summed E-state index contributed by atoms with van der Waals surface area (Å²) in [6, 6.07) is 17.6. The van der Waals surface area contributed by atoms with Gasteiger partial charge in [-0.05, 0) is 59.7 Å². The molecule has 0 radical (unpaired) electrons. The molecule has 0 spiro atoms. The van der Waals surface area contributed by atoms with Gasteiger partial charge in [-0.3, -0.25) is 4.79 Å². The minimum atomic E-state index is -4.36. The van der Waals surface area contributed by atoms with E-state index in [-0.39, 0.29) is 5.91 Å². The summed E-state index contributed by atoms with van der Waals surface area (Å²) in [5.74, 6) is 6.21. The summed E-state index contributed by atoms with van der Waals surface area (Å²) in [5, 5.41) is 2.79. The van der Waals surface area contributed by atoms with E-state index in [9.17, 15) is 18.0 Å². The topological polar surface area (TPSA) is 38.3 Å². The van der Waals surface area contributed by atoms with Crippen LogP contribution in [-0.4, -0.2) is 19.1 Å². The summed E-state index contributed by atoms with van der Waals surface area (Å²) in [6.07, 6.45) is -4.36. The number of carbonyl (C=O) groups excluding carboxylic acids is 1. The van der Waals surface area contributed by atoms with E-state index in [2.05, 4.69) is 17.2 Å². The van der Waals surface area contributed by atoms with Crippen molar-refractivity contribution in [3.05, 3.63) is 89.0 Å². The van der Waals surface area contributed by atoms with Crippen molar-refractivity contribution in [1.82, 2.24) is 5.32 Å². The fraction of sp³-hybridized carbons (Fsp3) is 0.125. The maximum Gasteiger partial charge on any atom is 0.416 e. The zero-order chi connectivity index (χ0) is 21.1. The van der Waals surface area contributed by atoms with Gasteiger partial charge in [0.1, 0.15) is 12.4 Å². The Bertz CT molecular complexity index is 1140. The molecule has 0 saturated heterocycles. The highest BCUT2D eigenvalue weighted by Gasteiger charge is 2.29. The quantitative estimate of drug-likeness (QED) is 0.583. The Morgan fingerprint density at radius 1 is 0.833 bits per heavy atom. The van der Waals surface area contributed by atoms with Crippen molar-refractivity contribution in [2.75, 3.05) is 13.2 Å². The molecule has 0 atom stereocenters. The van der Waals surface area contributed by atoms with E-state index in [0.29, 0.717) is 30.0 Å². The summed E-state index contributed by atoms with van der Waals surface area (Å²) in [6.45, 7) is 0.902. The van der Waals surface area contributed by atoms with Crippen molar-refractivity contribution in [3.8, 4) is 28.7 Å². The minimum Gasteiger partial charge on any atom is -0.491 e. The molecule has 0 unspecified atom stereocenters. The molecule has 0 fully saturated rings. The van der Waals surface area contributed by atoms with Gasteiger partial charge in [0.15, 0.2) is 0 Å². The second kappa shape index (κ2) is 7.96. The number of alkyl halides is 3. The summed E-state index contributed by atoms with van der Waals surface area (Å²) in [4.78, 5) is 12.2. The van der Waals surface area contributed by atoms with E-state index in [1.807, 2.05) is 30.3 Å². The number of nitrogens with one attached hydrogen (secondary N) is 1. The summed E-state index contributed by atoms with van der Waals surface area (Å²) < 4.78 is 43.4. The molecule has 6 heteroatoms. The van der Waals surface area contributed by atoms with Crippen LogP contribution in [0.3, 0.4) is 0 Å². The number of carbonyl (C=O) groups is 1. The minimum absolute atomic E-state index is 0.164. The number of halogens is 3. The fourth-order valence-electron chi connectivity index (χ4n) is 3.07. The van der Waals surface area contributed by atoms with Crippen molar-refractivity contribution in [2.24, 2.45) is 0 Å². The van der Waals surface area contributed by atoms with Crippen LogP contribution in [0.15, 0.2) is 66.7 Å². The first-order chi connectivity index (χ1) is 14.4. The molecule has 0 bridgehead atoms. The van der Waals surface area contributed by atoms with E-state index in [1.54, 1.807) is 12.1 Å². The SMILES string of the molecule is O=C1NCCOc2ccc(-c3ccc(C#Cc4ccc(C(F)(F)F)cc4)cc3)cc21. The zero-order valence-electron chi connectivity index (χ0n) is 15.7. The molecule has 3 aromatic carbocycles. The van der Waals surface area contributed by atoms with Gasteiger partial charge < -0.3 is 10.1 Å². The van der Waals surface area contributed by atoms with Crippen LogP contribution in [0.25, 0.3) is 11.1 Å². The standard InChI is InChI=1S/C24H16F3NO2/c25-24(26,27)20-10-5-17(6-11-20)2-1-16-3-7-18(8-4-16)19-9-12-22-21(15-19)23(29)28-13-14-30-22/h3-12,15H,13-14H2,(H,28,29). The number of hydrogen-bond donors (Lipinski definition) is 1. The summed E-state index contributed by atoms with van der Waals surface area (Å²) in [5.41, 5.74) is 2.82. The molecule has 0 aliphatic carbocycles. The van der Waals surface area contributed by atoms with Crippen molar-refractivity contribution >= 4 is 5.91 Å². The molecule has 1 heterocycles. The predicted molar refractivity (Wildman–Crippen MR) is 107 cm³/mol. The molecular weight excluding hydrogens is 391 g/mol. The number of hydrogen-bond acceptors (Lipinski definition) is 2. The molecule has 3 aromatic rings. The van der Waals surface area contributed by atoms with Crippen molar-refractivity contribution in [1.29, 1.82) is 0 Å². The first-order valence-electron chi connectivity index (χ1n) is 9.25. The van der Waals surface area contributed by atoms with Crippen LogP contribution >= 0.6 is 0 Å². The molecule has 0 aromatic heterocycles. The first kappa shape index (κ1) is 19.6. The smallest absolute Gasteiger partial charge is 0.416 e. The molecular formula is C24H16F3NO2. The van der Waals surface area contributed by atoms with Crippen LogP contribution in [0.4, 0.5) is 13.2 Å². The van der Waals surface area contributed by atoms with Gasteiger partial charge in [-0.15, -0.1) is 0 Å². The summed E-state index contributed by atoms with van der Waals surface area (Å²) >= 11 is 0. The van der Waals surface area contributed by atoms with Gasteiger partial charge in [-0.1, -0.05) is 30.0 Å². The first-order valence-corrected chi connectivity index (χ1v) is 9.25. The Morgan fingerprint density at radius 3 is 2.07 bits per heavy atom. The third-order valence-corrected chi connectivity index (χ3v) is 4.65. The summed E-state index contributed by atoms with van der Waals surface area (Å²) in [7, 11) is 0. The van der Waals surface area contributed by atoms with Crippen LogP contribution < -0.4 is 10.1 Å². The van der Waals surface area contributed by atoms with Gasteiger partial charge in [0.25, 0.3) is 5.91 Å². The van der Waals surface area contributed by atoms with Gasteiger partial charge in [-0.25, -0.2) is 0 Å². The second-order valence-electron chi connectivity index (χ2n) is 6.72. The maximum absolute atomic E-state index is 12.6. The Kier molecular flexibility index (Phi) is 5.20. The van der Waals surface area contributed by atoms with Crippen molar-refractivity contribution in [2.45, 2.75) is 6.18 Å². The van der Waals surface area contributed by atoms with Gasteiger partial charge in [0.2, 0.25) is 0 Å². The van der Waals surface area contributed by atoms with E-state index in [4.69, 9.17) is 4.74 Å². The monoisotopic (exact) mass is 407 g/mol. The number of ether oxygens (including phenoxy) is 1. The second-order valence-corrected chi connectivity index (χ2v) is 6.72. The number of benzene rings is 3. The van der Waals surface area contributed by atoms with Crippen LogP contribution in [0.5, 0.6) is 5.75 Å². The van der Waals surface area contributed by atoms with Crippen molar-refractivity contribution in [3.63, 3.8) is 0 Å². The zero-order valence-corrected chi connectivity index (χ0v) is 15.7. The number of amides is 1. The Hall–Kier alpha value is -3.72. The fourth-order valence-corrected chi connectivity index (χ4v) is 3.07. The van der Waals surface area contributed by atoms with Crippen LogP contribution in [0.1, 0.15) is 27.0 Å². The predicted octanol–water partition coefficient (Wildman–Crippen LogP) is 4.89. The molecule has 1 aliphatic heterocycles. The molecule has 0 saturated carbocycles.